The van der Waals surface area contributed by atoms with Gasteiger partial charge in [-0.2, -0.15) is 0 Å². The highest BCUT2D eigenvalue weighted by Gasteiger charge is 2.13. The summed E-state index contributed by atoms with van der Waals surface area (Å²) in [4.78, 5) is 0. The maximum atomic E-state index is 5.73. The van der Waals surface area contributed by atoms with Crippen LogP contribution in [0, 0.1) is 11.8 Å². The lowest BCUT2D eigenvalue weighted by atomic mass is 9.88. The average Bonchev–Trinajstić information content (AvgIpc) is 1.87. The highest BCUT2D eigenvalue weighted by Crippen LogP contribution is 2.17. The molecule has 0 amide bonds. The number of nitrogens with two attached hydrogens (primary N) is 1. The number of hydrogen-bond acceptors (Lipinski definition) is 1. The largest absolute Gasteiger partial charge is 0.328 e. The van der Waals surface area contributed by atoms with E-state index in [4.69, 9.17) is 5.73 Å². The molecule has 1 nitrogen and oxygen atoms in total. The highest BCUT2D eigenvalue weighted by atomic mass is 14.6. The lowest BCUT2D eigenvalue weighted by Crippen LogP contribution is -2.28. The van der Waals surface area contributed by atoms with Crippen LogP contribution < -0.4 is 5.73 Å². The normalized spacial score (nSPS) is 19.6. The van der Waals surface area contributed by atoms with Crippen LogP contribution in [0.15, 0.2) is 12.7 Å². The van der Waals surface area contributed by atoms with E-state index in [1.165, 1.54) is 0 Å². The Bertz CT molecular complexity index is 96.9. The summed E-state index contributed by atoms with van der Waals surface area (Å²) in [7, 11) is 0. The molecule has 0 saturated carbocycles. The molecule has 3 unspecified atom stereocenters. The Kier molecular flexibility index (Phi) is 4.37. The molecule has 2 N–H and O–H groups in total. The van der Waals surface area contributed by atoms with Crippen molar-refractivity contribution in [3.8, 4) is 0 Å². The van der Waals surface area contributed by atoms with Crippen molar-refractivity contribution in [3.05, 3.63) is 12.7 Å². The first-order valence-electron chi connectivity index (χ1n) is 3.96. The Morgan fingerprint density at radius 2 is 1.90 bits per heavy atom. The van der Waals surface area contributed by atoms with Crippen molar-refractivity contribution >= 4 is 0 Å². The zero-order valence-electron chi connectivity index (χ0n) is 7.30. The Morgan fingerprint density at radius 3 is 2.20 bits per heavy atom. The van der Waals surface area contributed by atoms with Gasteiger partial charge in [0.1, 0.15) is 0 Å². The SMILES string of the molecule is C=CCC(C)C(C)C(C)N. The molecule has 0 aliphatic heterocycles. The molecule has 1 heteroatoms. The lowest BCUT2D eigenvalue weighted by molar-refractivity contribution is 0.341. The van der Waals surface area contributed by atoms with Gasteiger partial charge in [-0.3, -0.25) is 0 Å². The van der Waals surface area contributed by atoms with Crippen molar-refractivity contribution < 1.29 is 0 Å². The number of allylic oxidation sites excluding steroid dienone is 1. The Morgan fingerprint density at radius 1 is 1.40 bits per heavy atom. The molecule has 0 spiro atoms. The zero-order chi connectivity index (χ0) is 8.15. The second-order valence-electron chi connectivity index (χ2n) is 3.22. The molecule has 0 radical (unpaired) electrons. The first-order valence-corrected chi connectivity index (χ1v) is 3.96. The van der Waals surface area contributed by atoms with Crippen LogP contribution in [0.5, 0.6) is 0 Å². The molecule has 0 heterocycles. The van der Waals surface area contributed by atoms with Crippen molar-refractivity contribution in [2.75, 3.05) is 0 Å². The van der Waals surface area contributed by atoms with Crippen molar-refractivity contribution in [3.63, 3.8) is 0 Å². The molecule has 0 rings (SSSR count). The van der Waals surface area contributed by atoms with Crippen LogP contribution in [-0.2, 0) is 0 Å². The average molecular weight is 141 g/mol. The summed E-state index contributed by atoms with van der Waals surface area (Å²) < 4.78 is 0. The Hall–Kier alpha value is -0.300. The molecule has 0 bridgehead atoms. The van der Waals surface area contributed by atoms with Gasteiger partial charge in [-0.25, -0.2) is 0 Å². The minimum Gasteiger partial charge on any atom is -0.328 e. The van der Waals surface area contributed by atoms with Crippen LogP contribution in [0.4, 0.5) is 0 Å². The summed E-state index contributed by atoms with van der Waals surface area (Å²) in [6, 6.07) is 0.301. The Balaban J connectivity index is 3.68. The predicted octanol–water partition coefficient (Wildman–Crippen LogP) is 2.18. The van der Waals surface area contributed by atoms with E-state index in [1.54, 1.807) is 0 Å². The lowest BCUT2D eigenvalue weighted by Gasteiger charge is -2.21. The van der Waals surface area contributed by atoms with Crippen molar-refractivity contribution in [2.24, 2.45) is 17.6 Å². The van der Waals surface area contributed by atoms with Gasteiger partial charge in [0.2, 0.25) is 0 Å². The molecule has 0 aromatic rings. The van der Waals surface area contributed by atoms with Crippen molar-refractivity contribution in [2.45, 2.75) is 33.2 Å². The number of hydrogen-bond donors (Lipinski definition) is 1. The van der Waals surface area contributed by atoms with Crippen LogP contribution in [-0.4, -0.2) is 6.04 Å². The van der Waals surface area contributed by atoms with Gasteiger partial charge in [-0.15, -0.1) is 6.58 Å². The van der Waals surface area contributed by atoms with E-state index in [0.717, 1.165) is 6.42 Å². The van der Waals surface area contributed by atoms with Gasteiger partial charge < -0.3 is 5.73 Å². The maximum absolute atomic E-state index is 5.73. The minimum absolute atomic E-state index is 0.301. The summed E-state index contributed by atoms with van der Waals surface area (Å²) in [6.45, 7) is 10.2. The van der Waals surface area contributed by atoms with Crippen molar-refractivity contribution in [1.82, 2.24) is 0 Å². The van der Waals surface area contributed by atoms with E-state index in [2.05, 4.69) is 27.4 Å². The fourth-order valence-corrected chi connectivity index (χ4v) is 0.996. The minimum atomic E-state index is 0.301. The van der Waals surface area contributed by atoms with Gasteiger partial charge >= 0.3 is 0 Å². The maximum Gasteiger partial charge on any atom is 0.00387 e. The summed E-state index contributed by atoms with van der Waals surface area (Å²) in [5.41, 5.74) is 5.73. The molecule has 0 aromatic heterocycles. The molecular formula is C9H19N. The van der Waals surface area contributed by atoms with Gasteiger partial charge in [0.05, 0.1) is 0 Å². The van der Waals surface area contributed by atoms with Crippen LogP contribution in [0.2, 0.25) is 0 Å². The second-order valence-corrected chi connectivity index (χ2v) is 3.22. The van der Waals surface area contributed by atoms with Crippen LogP contribution in [0.25, 0.3) is 0 Å². The van der Waals surface area contributed by atoms with E-state index in [9.17, 15) is 0 Å². The highest BCUT2D eigenvalue weighted by molar-refractivity contribution is 4.77. The first-order chi connectivity index (χ1) is 4.59. The molecule has 0 saturated heterocycles. The van der Waals surface area contributed by atoms with E-state index in [0.29, 0.717) is 17.9 Å². The molecule has 0 aliphatic rings. The third-order valence-corrected chi connectivity index (χ3v) is 2.27. The summed E-state index contributed by atoms with van der Waals surface area (Å²) in [6.07, 6.45) is 3.03. The number of rotatable bonds is 4. The molecule has 10 heavy (non-hydrogen) atoms. The van der Waals surface area contributed by atoms with Crippen LogP contribution in [0.1, 0.15) is 27.2 Å². The molecular weight excluding hydrogens is 122 g/mol. The standard InChI is InChI=1S/C9H19N/c1-5-6-7(2)8(3)9(4)10/h5,7-9H,1,6,10H2,2-4H3. The van der Waals surface area contributed by atoms with Crippen LogP contribution in [0.3, 0.4) is 0 Å². The smallest absolute Gasteiger partial charge is 0.00387 e. The first kappa shape index (κ1) is 9.70. The summed E-state index contributed by atoms with van der Waals surface area (Å²) >= 11 is 0. The van der Waals surface area contributed by atoms with Crippen molar-refractivity contribution in [1.29, 1.82) is 0 Å². The quantitative estimate of drug-likeness (QED) is 0.597. The molecule has 0 fully saturated rings. The van der Waals surface area contributed by atoms with E-state index in [1.807, 2.05) is 6.08 Å². The summed E-state index contributed by atoms with van der Waals surface area (Å²) in [5.74, 6) is 1.26. The van der Waals surface area contributed by atoms with Gasteiger partial charge in [0.15, 0.2) is 0 Å². The molecule has 3 atom stereocenters. The van der Waals surface area contributed by atoms with Gasteiger partial charge in [0, 0.05) is 6.04 Å². The molecule has 60 valence electrons. The van der Waals surface area contributed by atoms with E-state index >= 15 is 0 Å². The van der Waals surface area contributed by atoms with Crippen LogP contribution >= 0.6 is 0 Å². The second kappa shape index (κ2) is 4.51. The third-order valence-electron chi connectivity index (χ3n) is 2.27. The third kappa shape index (κ3) is 3.02. The zero-order valence-corrected chi connectivity index (χ0v) is 7.30. The van der Waals surface area contributed by atoms with Gasteiger partial charge in [0.25, 0.3) is 0 Å². The van der Waals surface area contributed by atoms with Gasteiger partial charge in [-0.05, 0) is 25.2 Å². The fourth-order valence-electron chi connectivity index (χ4n) is 0.996. The topological polar surface area (TPSA) is 26.0 Å². The monoisotopic (exact) mass is 141 g/mol. The summed E-state index contributed by atoms with van der Waals surface area (Å²) in [5, 5.41) is 0. The van der Waals surface area contributed by atoms with E-state index in [-0.39, 0.29) is 0 Å². The fraction of sp³-hybridized carbons (Fsp3) is 0.778. The Labute approximate surface area is 64.3 Å². The van der Waals surface area contributed by atoms with E-state index < -0.39 is 0 Å². The predicted molar refractivity (Wildman–Crippen MR) is 46.8 cm³/mol. The molecule has 0 aromatic carbocycles. The molecule has 0 aliphatic carbocycles. The van der Waals surface area contributed by atoms with Gasteiger partial charge in [-0.1, -0.05) is 19.9 Å².